The second-order valence-corrected chi connectivity index (χ2v) is 5.89. The predicted molar refractivity (Wildman–Crippen MR) is 71.3 cm³/mol. The van der Waals surface area contributed by atoms with Crippen LogP contribution in [0.15, 0.2) is 0 Å². The van der Waals surface area contributed by atoms with Crippen molar-refractivity contribution in [2.24, 2.45) is 11.8 Å². The van der Waals surface area contributed by atoms with E-state index in [0.717, 1.165) is 25.9 Å². The highest BCUT2D eigenvalue weighted by atomic mass is 16.5. The molecule has 0 bridgehead atoms. The Balaban J connectivity index is 1.95. The monoisotopic (exact) mass is 254 g/mol. The van der Waals surface area contributed by atoms with Crippen LogP contribution in [0.2, 0.25) is 0 Å². The number of carbonyl (C=O) groups is 1. The zero-order valence-corrected chi connectivity index (χ0v) is 11.8. The molecule has 0 radical (unpaired) electrons. The van der Waals surface area contributed by atoms with Crippen molar-refractivity contribution in [3.05, 3.63) is 0 Å². The van der Waals surface area contributed by atoms with Gasteiger partial charge in [0.2, 0.25) is 5.91 Å². The van der Waals surface area contributed by atoms with Gasteiger partial charge in [0.25, 0.3) is 0 Å². The van der Waals surface area contributed by atoms with Crippen LogP contribution in [0.25, 0.3) is 0 Å². The molecule has 0 saturated carbocycles. The highest BCUT2D eigenvalue weighted by Gasteiger charge is 2.40. The van der Waals surface area contributed by atoms with Crippen molar-refractivity contribution in [2.45, 2.75) is 45.7 Å². The summed E-state index contributed by atoms with van der Waals surface area (Å²) in [5, 5.41) is 3.44. The van der Waals surface area contributed by atoms with E-state index < -0.39 is 0 Å². The summed E-state index contributed by atoms with van der Waals surface area (Å²) >= 11 is 0. The Kier molecular flexibility index (Phi) is 4.62. The zero-order chi connectivity index (χ0) is 13.1. The number of nitrogens with zero attached hydrogens (tertiary/aromatic N) is 1. The van der Waals surface area contributed by atoms with Gasteiger partial charge >= 0.3 is 0 Å². The number of hydrogen-bond acceptors (Lipinski definition) is 3. The molecule has 0 aromatic carbocycles. The number of amides is 1. The van der Waals surface area contributed by atoms with E-state index >= 15 is 0 Å². The van der Waals surface area contributed by atoms with Gasteiger partial charge in [0, 0.05) is 18.6 Å². The Bertz CT molecular complexity index is 296. The van der Waals surface area contributed by atoms with Gasteiger partial charge in [-0.1, -0.05) is 13.8 Å². The van der Waals surface area contributed by atoms with Gasteiger partial charge in [-0.25, -0.2) is 0 Å². The van der Waals surface area contributed by atoms with Crippen molar-refractivity contribution in [1.82, 2.24) is 10.2 Å². The molecule has 1 N–H and O–H groups in total. The third-order valence-electron chi connectivity index (χ3n) is 4.12. The second-order valence-electron chi connectivity index (χ2n) is 5.89. The number of rotatable bonds is 4. The highest BCUT2D eigenvalue weighted by Crippen LogP contribution is 2.26. The summed E-state index contributed by atoms with van der Waals surface area (Å²) < 4.78 is 5.50. The minimum atomic E-state index is 0.0179. The summed E-state index contributed by atoms with van der Waals surface area (Å²) in [6.45, 7) is 9.66. The average Bonchev–Trinajstić information content (AvgIpc) is 2.92. The summed E-state index contributed by atoms with van der Waals surface area (Å²) in [6, 6.07) is 0.598. The Morgan fingerprint density at radius 2 is 2.17 bits per heavy atom. The van der Waals surface area contributed by atoms with Crippen molar-refractivity contribution in [2.75, 3.05) is 26.3 Å². The van der Waals surface area contributed by atoms with Crippen LogP contribution in [0.3, 0.4) is 0 Å². The van der Waals surface area contributed by atoms with Crippen LogP contribution in [0.1, 0.15) is 33.6 Å². The lowest BCUT2D eigenvalue weighted by atomic mass is 10.0. The lowest BCUT2D eigenvalue weighted by Gasteiger charge is -2.27. The van der Waals surface area contributed by atoms with Gasteiger partial charge < -0.3 is 15.0 Å². The van der Waals surface area contributed by atoms with E-state index in [1.165, 1.54) is 0 Å². The van der Waals surface area contributed by atoms with E-state index in [1.807, 2.05) is 0 Å². The average molecular weight is 254 g/mol. The lowest BCUT2D eigenvalue weighted by molar-refractivity contribution is -0.136. The van der Waals surface area contributed by atoms with E-state index in [4.69, 9.17) is 4.74 Å². The Morgan fingerprint density at radius 1 is 1.39 bits per heavy atom. The second kappa shape index (κ2) is 6.02. The first-order chi connectivity index (χ1) is 8.63. The lowest BCUT2D eigenvalue weighted by Crippen LogP contribution is -2.47. The van der Waals surface area contributed by atoms with Crippen molar-refractivity contribution in [3.8, 4) is 0 Å². The van der Waals surface area contributed by atoms with Gasteiger partial charge in [0.05, 0.1) is 19.1 Å². The quantitative estimate of drug-likeness (QED) is 0.821. The maximum absolute atomic E-state index is 12.6. The molecule has 0 aliphatic carbocycles. The number of hydrogen-bond donors (Lipinski definition) is 1. The van der Waals surface area contributed by atoms with Gasteiger partial charge in [0.1, 0.15) is 0 Å². The standard InChI is InChI=1S/C14H26N2O2/c1-4-5-15-13-9-18-8-12(13)14(17)16-7-10(2)6-11(16)3/h10-13,15H,4-9H2,1-3H3. The fourth-order valence-corrected chi connectivity index (χ4v) is 3.15. The maximum Gasteiger partial charge on any atom is 0.229 e. The van der Waals surface area contributed by atoms with Crippen LogP contribution in [-0.2, 0) is 9.53 Å². The maximum atomic E-state index is 12.6. The van der Waals surface area contributed by atoms with E-state index in [0.29, 0.717) is 25.2 Å². The van der Waals surface area contributed by atoms with Crippen LogP contribution in [0.5, 0.6) is 0 Å². The molecule has 4 atom stereocenters. The third kappa shape index (κ3) is 2.86. The summed E-state index contributed by atoms with van der Waals surface area (Å²) in [4.78, 5) is 14.6. The van der Waals surface area contributed by atoms with Crippen LogP contribution in [0, 0.1) is 11.8 Å². The fraction of sp³-hybridized carbons (Fsp3) is 0.929. The third-order valence-corrected chi connectivity index (χ3v) is 4.12. The molecule has 18 heavy (non-hydrogen) atoms. The molecule has 2 heterocycles. The Hall–Kier alpha value is -0.610. The smallest absolute Gasteiger partial charge is 0.229 e. The molecular weight excluding hydrogens is 228 g/mol. The van der Waals surface area contributed by atoms with Crippen molar-refractivity contribution in [1.29, 1.82) is 0 Å². The van der Waals surface area contributed by atoms with E-state index in [9.17, 15) is 4.79 Å². The molecule has 104 valence electrons. The molecule has 0 aromatic heterocycles. The van der Waals surface area contributed by atoms with Crippen molar-refractivity contribution >= 4 is 5.91 Å². The predicted octanol–water partition coefficient (Wildman–Crippen LogP) is 1.26. The van der Waals surface area contributed by atoms with Crippen LogP contribution in [0.4, 0.5) is 0 Å². The number of nitrogens with one attached hydrogen (secondary N) is 1. The largest absolute Gasteiger partial charge is 0.379 e. The highest BCUT2D eigenvalue weighted by molar-refractivity contribution is 5.80. The molecule has 2 aliphatic heterocycles. The molecule has 2 rings (SSSR count). The van der Waals surface area contributed by atoms with Crippen molar-refractivity contribution < 1.29 is 9.53 Å². The molecule has 0 aromatic rings. The van der Waals surface area contributed by atoms with E-state index in [-0.39, 0.29) is 17.9 Å². The molecule has 1 amide bonds. The molecule has 4 nitrogen and oxygen atoms in total. The van der Waals surface area contributed by atoms with E-state index in [1.54, 1.807) is 0 Å². The summed E-state index contributed by atoms with van der Waals surface area (Å²) in [7, 11) is 0. The van der Waals surface area contributed by atoms with Gasteiger partial charge in [0.15, 0.2) is 0 Å². The SMILES string of the molecule is CCCNC1COCC1C(=O)N1CC(C)CC1C. The van der Waals surface area contributed by atoms with Gasteiger partial charge in [-0.2, -0.15) is 0 Å². The summed E-state index contributed by atoms with van der Waals surface area (Å²) in [5.74, 6) is 0.940. The number of carbonyl (C=O) groups excluding carboxylic acids is 1. The summed E-state index contributed by atoms with van der Waals surface area (Å²) in [6.07, 6.45) is 2.22. The normalized spacial score (nSPS) is 36.3. The minimum Gasteiger partial charge on any atom is -0.379 e. The first-order valence-electron chi connectivity index (χ1n) is 7.25. The topological polar surface area (TPSA) is 41.6 Å². The Labute approximate surface area is 110 Å². The molecule has 0 spiro atoms. The molecule has 2 fully saturated rings. The minimum absolute atomic E-state index is 0.0179. The van der Waals surface area contributed by atoms with Crippen LogP contribution >= 0.6 is 0 Å². The zero-order valence-electron chi connectivity index (χ0n) is 11.8. The Morgan fingerprint density at radius 3 is 2.78 bits per heavy atom. The van der Waals surface area contributed by atoms with Crippen LogP contribution in [-0.4, -0.2) is 49.2 Å². The first-order valence-corrected chi connectivity index (χ1v) is 7.25. The first kappa shape index (κ1) is 13.8. The molecular formula is C14H26N2O2. The molecule has 2 saturated heterocycles. The van der Waals surface area contributed by atoms with Gasteiger partial charge in [-0.05, 0) is 32.2 Å². The molecule has 2 aliphatic rings. The van der Waals surface area contributed by atoms with Gasteiger partial charge in [-0.15, -0.1) is 0 Å². The number of ether oxygens (including phenoxy) is 1. The number of likely N-dealkylation sites (tertiary alicyclic amines) is 1. The van der Waals surface area contributed by atoms with Crippen LogP contribution < -0.4 is 5.32 Å². The molecule has 4 unspecified atom stereocenters. The molecule has 4 heteroatoms. The van der Waals surface area contributed by atoms with E-state index in [2.05, 4.69) is 31.0 Å². The van der Waals surface area contributed by atoms with Gasteiger partial charge in [-0.3, -0.25) is 4.79 Å². The van der Waals surface area contributed by atoms with Crippen molar-refractivity contribution in [3.63, 3.8) is 0 Å². The summed E-state index contributed by atoms with van der Waals surface area (Å²) in [5.41, 5.74) is 0. The fourth-order valence-electron chi connectivity index (χ4n) is 3.15.